The summed E-state index contributed by atoms with van der Waals surface area (Å²) < 4.78 is 6.64. The number of piperazine rings is 1. The lowest BCUT2D eigenvalue weighted by Crippen LogP contribution is -2.58. The summed E-state index contributed by atoms with van der Waals surface area (Å²) in [5.41, 5.74) is 1.90. The van der Waals surface area contributed by atoms with Crippen molar-refractivity contribution in [2.75, 3.05) is 18.0 Å². The summed E-state index contributed by atoms with van der Waals surface area (Å²) >= 11 is 3.63. The molecule has 2 atom stereocenters. The number of carbonyl (C=O) groups is 1. The van der Waals surface area contributed by atoms with Gasteiger partial charge in [-0.2, -0.15) is 0 Å². The minimum absolute atomic E-state index is 0.214. The Hall–Kier alpha value is -1.30. The van der Waals surface area contributed by atoms with Crippen LogP contribution in [-0.4, -0.2) is 46.8 Å². The van der Waals surface area contributed by atoms with Crippen molar-refractivity contribution in [3.05, 3.63) is 21.8 Å². The molecule has 3 rings (SSSR count). The number of nitrogens with zero attached hydrogens (tertiary/aromatic N) is 3. The van der Waals surface area contributed by atoms with Gasteiger partial charge in [0.1, 0.15) is 11.4 Å². The molecule has 132 valence electrons. The van der Waals surface area contributed by atoms with Gasteiger partial charge in [-0.25, -0.2) is 9.78 Å². The quantitative estimate of drug-likeness (QED) is 0.725. The van der Waals surface area contributed by atoms with Gasteiger partial charge in [0.2, 0.25) is 0 Å². The second-order valence-electron chi connectivity index (χ2n) is 7.75. The normalized spacial score (nSPS) is 23.1. The van der Waals surface area contributed by atoms with Crippen molar-refractivity contribution in [1.82, 2.24) is 9.88 Å². The standard InChI is InChI=1S/C18H26BrN3O2/c1-6-15-14(19)8-12-7-13-10-21(17(23)24-18(3,4)5)9-11(2)22(13)16(12)20-15/h8,11,13H,6-7,9-10H2,1-5H3/t11-,13-/m1/s1. The minimum atomic E-state index is -0.460. The minimum Gasteiger partial charge on any atom is -0.444 e. The molecule has 1 saturated heterocycles. The molecule has 5 nitrogen and oxygen atoms in total. The zero-order chi connectivity index (χ0) is 17.6. The van der Waals surface area contributed by atoms with Gasteiger partial charge in [0, 0.05) is 23.6 Å². The molecule has 0 spiro atoms. The summed E-state index contributed by atoms with van der Waals surface area (Å²) in [5, 5.41) is 0. The third-order valence-corrected chi connectivity index (χ3v) is 5.26. The zero-order valence-corrected chi connectivity index (χ0v) is 16.7. The van der Waals surface area contributed by atoms with Gasteiger partial charge in [-0.1, -0.05) is 6.92 Å². The van der Waals surface area contributed by atoms with Gasteiger partial charge >= 0.3 is 6.09 Å². The Morgan fingerprint density at radius 1 is 1.42 bits per heavy atom. The van der Waals surface area contributed by atoms with Crippen LogP contribution in [-0.2, 0) is 17.6 Å². The number of aromatic nitrogens is 1. The summed E-state index contributed by atoms with van der Waals surface area (Å²) in [7, 11) is 0. The molecule has 0 bridgehead atoms. The second-order valence-corrected chi connectivity index (χ2v) is 8.61. The predicted octanol–water partition coefficient (Wildman–Crippen LogP) is 3.78. The molecule has 1 aromatic heterocycles. The number of halogens is 1. The second kappa shape index (κ2) is 6.21. The SMILES string of the molecule is CCc1nc2c(cc1Br)C[C@@H]1CN(C(=O)OC(C)(C)C)C[C@@H](C)N21. The van der Waals surface area contributed by atoms with Crippen molar-refractivity contribution in [2.45, 2.75) is 65.1 Å². The average Bonchev–Trinajstić information content (AvgIpc) is 2.81. The van der Waals surface area contributed by atoms with Crippen molar-refractivity contribution >= 4 is 27.8 Å². The summed E-state index contributed by atoms with van der Waals surface area (Å²) in [5.74, 6) is 1.09. The molecule has 1 fully saturated rings. The smallest absolute Gasteiger partial charge is 0.410 e. The topological polar surface area (TPSA) is 45.7 Å². The van der Waals surface area contributed by atoms with E-state index in [1.807, 2.05) is 25.7 Å². The third-order valence-electron chi connectivity index (χ3n) is 4.58. The van der Waals surface area contributed by atoms with Gasteiger partial charge < -0.3 is 14.5 Å². The van der Waals surface area contributed by atoms with Crippen molar-refractivity contribution < 1.29 is 9.53 Å². The molecule has 1 aromatic rings. The molecule has 1 amide bonds. The fourth-order valence-corrected chi connectivity index (χ4v) is 4.28. The number of amides is 1. The number of rotatable bonds is 1. The maximum atomic E-state index is 12.4. The van der Waals surface area contributed by atoms with E-state index < -0.39 is 5.60 Å². The average molecular weight is 396 g/mol. The summed E-state index contributed by atoms with van der Waals surface area (Å²) in [4.78, 5) is 21.6. The first-order chi connectivity index (χ1) is 11.2. The van der Waals surface area contributed by atoms with Crippen LogP contribution >= 0.6 is 15.9 Å². The molecule has 0 saturated carbocycles. The van der Waals surface area contributed by atoms with Crippen LogP contribution in [0.1, 0.15) is 45.9 Å². The number of hydrogen-bond donors (Lipinski definition) is 0. The van der Waals surface area contributed by atoms with E-state index in [2.05, 4.69) is 40.7 Å². The summed E-state index contributed by atoms with van der Waals surface area (Å²) in [6.07, 6.45) is 1.62. The number of aryl methyl sites for hydroxylation is 1. The molecule has 3 heterocycles. The molecular weight excluding hydrogens is 370 g/mol. The molecule has 0 aromatic carbocycles. The Balaban J connectivity index is 1.81. The van der Waals surface area contributed by atoms with E-state index in [0.717, 1.165) is 28.8 Å². The van der Waals surface area contributed by atoms with Gasteiger partial charge in [-0.3, -0.25) is 0 Å². The van der Waals surface area contributed by atoms with E-state index in [1.54, 1.807) is 0 Å². The number of pyridine rings is 1. The third kappa shape index (κ3) is 3.25. The lowest BCUT2D eigenvalue weighted by Gasteiger charge is -2.43. The van der Waals surface area contributed by atoms with Crippen molar-refractivity contribution in [1.29, 1.82) is 0 Å². The molecule has 0 unspecified atom stereocenters. The van der Waals surface area contributed by atoms with Gasteiger partial charge in [0.05, 0.1) is 11.7 Å². The molecule has 6 heteroatoms. The summed E-state index contributed by atoms with van der Waals surface area (Å²) in [6, 6.07) is 2.71. The van der Waals surface area contributed by atoms with E-state index in [-0.39, 0.29) is 18.2 Å². The first kappa shape index (κ1) is 17.5. The Morgan fingerprint density at radius 3 is 2.75 bits per heavy atom. The van der Waals surface area contributed by atoms with E-state index in [1.165, 1.54) is 5.56 Å². The Kier molecular flexibility index (Phi) is 4.53. The molecular formula is C18H26BrN3O2. The van der Waals surface area contributed by atoms with E-state index in [4.69, 9.17) is 9.72 Å². The lowest BCUT2D eigenvalue weighted by atomic mass is 10.1. The Labute approximate surface area is 152 Å². The molecule has 0 aliphatic carbocycles. The van der Waals surface area contributed by atoms with E-state index in [0.29, 0.717) is 13.1 Å². The van der Waals surface area contributed by atoms with Crippen LogP contribution in [0.15, 0.2) is 10.5 Å². The van der Waals surface area contributed by atoms with Crippen LogP contribution in [0.25, 0.3) is 0 Å². The van der Waals surface area contributed by atoms with E-state index in [9.17, 15) is 4.79 Å². The first-order valence-electron chi connectivity index (χ1n) is 8.64. The molecule has 0 N–H and O–H groups in total. The Morgan fingerprint density at radius 2 is 2.12 bits per heavy atom. The summed E-state index contributed by atoms with van der Waals surface area (Å²) in [6.45, 7) is 11.4. The molecule has 0 radical (unpaired) electrons. The molecule has 2 aliphatic heterocycles. The van der Waals surface area contributed by atoms with Crippen LogP contribution in [0.4, 0.5) is 10.6 Å². The molecule has 24 heavy (non-hydrogen) atoms. The fraction of sp³-hybridized carbons (Fsp3) is 0.667. The van der Waals surface area contributed by atoms with Crippen LogP contribution in [0.2, 0.25) is 0 Å². The first-order valence-corrected chi connectivity index (χ1v) is 9.43. The van der Waals surface area contributed by atoms with Crippen LogP contribution in [0, 0.1) is 0 Å². The van der Waals surface area contributed by atoms with E-state index >= 15 is 0 Å². The van der Waals surface area contributed by atoms with Crippen LogP contribution < -0.4 is 4.90 Å². The highest BCUT2D eigenvalue weighted by molar-refractivity contribution is 9.10. The van der Waals surface area contributed by atoms with Gasteiger partial charge in [-0.05, 0) is 68.1 Å². The van der Waals surface area contributed by atoms with Crippen LogP contribution in [0.5, 0.6) is 0 Å². The Bertz CT molecular complexity index is 656. The maximum absolute atomic E-state index is 12.4. The van der Waals surface area contributed by atoms with Crippen molar-refractivity contribution in [3.8, 4) is 0 Å². The zero-order valence-electron chi connectivity index (χ0n) is 15.1. The lowest BCUT2D eigenvalue weighted by molar-refractivity contribution is 0.0191. The predicted molar refractivity (Wildman–Crippen MR) is 98.6 cm³/mol. The highest BCUT2D eigenvalue weighted by atomic mass is 79.9. The monoisotopic (exact) mass is 395 g/mol. The highest BCUT2D eigenvalue weighted by Crippen LogP contribution is 2.37. The van der Waals surface area contributed by atoms with Gasteiger partial charge in [0.25, 0.3) is 0 Å². The highest BCUT2D eigenvalue weighted by Gasteiger charge is 2.41. The van der Waals surface area contributed by atoms with Gasteiger partial charge in [0.15, 0.2) is 0 Å². The van der Waals surface area contributed by atoms with Gasteiger partial charge in [-0.15, -0.1) is 0 Å². The number of ether oxygens (including phenoxy) is 1. The maximum Gasteiger partial charge on any atom is 0.410 e. The van der Waals surface area contributed by atoms with Crippen LogP contribution in [0.3, 0.4) is 0 Å². The van der Waals surface area contributed by atoms with Crippen molar-refractivity contribution in [3.63, 3.8) is 0 Å². The van der Waals surface area contributed by atoms with Crippen molar-refractivity contribution in [2.24, 2.45) is 0 Å². The number of carbonyl (C=O) groups excluding carboxylic acids is 1. The fourth-order valence-electron chi connectivity index (χ4n) is 3.63. The molecule has 2 aliphatic rings. The number of anilines is 1. The number of hydrogen-bond acceptors (Lipinski definition) is 4. The largest absolute Gasteiger partial charge is 0.444 e. The number of fused-ring (bicyclic) bond motifs is 3.